The van der Waals surface area contributed by atoms with Crippen LogP contribution in [0.2, 0.25) is 0 Å². The van der Waals surface area contributed by atoms with Crippen molar-refractivity contribution in [3.05, 3.63) is 59.7 Å². The number of hydrogen-bond donors (Lipinski definition) is 2. The first-order valence-corrected chi connectivity index (χ1v) is 9.53. The summed E-state index contributed by atoms with van der Waals surface area (Å²) < 4.78 is 27.7. The van der Waals surface area contributed by atoms with Crippen LogP contribution in [0.15, 0.2) is 53.4 Å². The van der Waals surface area contributed by atoms with Gasteiger partial charge in [0.25, 0.3) is 15.9 Å². The number of ketones is 1. The second kappa shape index (κ2) is 7.29. The SMILES string of the molecule is CC(=O)c1cccc(NS(=O)(=O)c2cccc(C(=O)NC(C)(C)C)c2)c1. The Morgan fingerprint density at radius 1 is 0.923 bits per heavy atom. The van der Waals surface area contributed by atoms with E-state index in [1.54, 1.807) is 24.3 Å². The first kappa shape index (κ1) is 19.7. The second-order valence-corrected chi connectivity index (χ2v) is 8.66. The first-order chi connectivity index (χ1) is 12.0. The average molecular weight is 374 g/mol. The van der Waals surface area contributed by atoms with Crippen LogP contribution in [-0.4, -0.2) is 25.6 Å². The summed E-state index contributed by atoms with van der Waals surface area (Å²) in [5.74, 6) is -0.514. The lowest BCUT2D eigenvalue weighted by Gasteiger charge is -2.20. The van der Waals surface area contributed by atoms with Gasteiger partial charge in [0.2, 0.25) is 0 Å². The van der Waals surface area contributed by atoms with Crippen LogP contribution in [0.1, 0.15) is 48.4 Å². The second-order valence-electron chi connectivity index (χ2n) is 6.97. The van der Waals surface area contributed by atoms with Gasteiger partial charge < -0.3 is 5.32 Å². The zero-order chi connectivity index (χ0) is 19.5. The summed E-state index contributed by atoms with van der Waals surface area (Å²) in [6.07, 6.45) is 0. The van der Waals surface area contributed by atoms with Crippen molar-refractivity contribution in [1.29, 1.82) is 0 Å². The van der Waals surface area contributed by atoms with Crippen molar-refractivity contribution in [2.75, 3.05) is 4.72 Å². The molecule has 0 aromatic heterocycles. The van der Waals surface area contributed by atoms with E-state index >= 15 is 0 Å². The number of rotatable bonds is 5. The summed E-state index contributed by atoms with van der Waals surface area (Å²) in [5.41, 5.74) is 0.503. The molecule has 26 heavy (non-hydrogen) atoms. The average Bonchev–Trinajstić information content (AvgIpc) is 2.53. The largest absolute Gasteiger partial charge is 0.347 e. The molecule has 0 heterocycles. The van der Waals surface area contributed by atoms with Crippen LogP contribution in [0.3, 0.4) is 0 Å². The molecule has 7 heteroatoms. The van der Waals surface area contributed by atoms with Crippen LogP contribution in [0.25, 0.3) is 0 Å². The van der Waals surface area contributed by atoms with Gasteiger partial charge in [-0.25, -0.2) is 8.42 Å². The van der Waals surface area contributed by atoms with Crippen LogP contribution in [0, 0.1) is 0 Å². The maximum absolute atomic E-state index is 12.6. The predicted molar refractivity (Wildman–Crippen MR) is 101 cm³/mol. The van der Waals surface area contributed by atoms with Crippen molar-refractivity contribution >= 4 is 27.4 Å². The number of benzene rings is 2. The minimum absolute atomic E-state index is 0.0349. The number of anilines is 1. The van der Waals surface area contributed by atoms with Gasteiger partial charge in [-0.1, -0.05) is 18.2 Å². The third-order valence-electron chi connectivity index (χ3n) is 3.42. The number of amides is 1. The van der Waals surface area contributed by atoms with Crippen molar-refractivity contribution in [3.63, 3.8) is 0 Å². The highest BCUT2D eigenvalue weighted by atomic mass is 32.2. The third-order valence-corrected chi connectivity index (χ3v) is 4.80. The van der Waals surface area contributed by atoms with Crippen LogP contribution in [-0.2, 0) is 10.0 Å². The number of carbonyl (C=O) groups is 2. The van der Waals surface area contributed by atoms with E-state index in [1.807, 2.05) is 20.8 Å². The Balaban J connectivity index is 2.29. The molecule has 0 saturated carbocycles. The molecule has 2 aromatic carbocycles. The molecule has 0 fully saturated rings. The minimum Gasteiger partial charge on any atom is -0.347 e. The Bertz CT molecular complexity index is 944. The van der Waals surface area contributed by atoms with Gasteiger partial charge >= 0.3 is 0 Å². The fraction of sp³-hybridized carbons (Fsp3) is 0.263. The standard InChI is InChI=1S/C19H22N2O4S/c1-13(22)14-7-5-9-16(11-14)21-26(24,25)17-10-6-8-15(12-17)18(23)20-19(2,3)4/h5-12,21H,1-4H3,(H,20,23). The molecule has 1 amide bonds. The highest BCUT2D eigenvalue weighted by molar-refractivity contribution is 7.92. The van der Waals surface area contributed by atoms with E-state index in [1.165, 1.54) is 31.2 Å². The fourth-order valence-electron chi connectivity index (χ4n) is 2.23. The van der Waals surface area contributed by atoms with Crippen molar-refractivity contribution < 1.29 is 18.0 Å². The van der Waals surface area contributed by atoms with Crippen molar-refractivity contribution in [3.8, 4) is 0 Å². The van der Waals surface area contributed by atoms with Gasteiger partial charge in [0.1, 0.15) is 0 Å². The fourth-order valence-corrected chi connectivity index (χ4v) is 3.33. The Hall–Kier alpha value is -2.67. The molecule has 6 nitrogen and oxygen atoms in total. The molecule has 0 saturated heterocycles. The van der Waals surface area contributed by atoms with Gasteiger partial charge in [-0.3, -0.25) is 14.3 Å². The van der Waals surface area contributed by atoms with Gasteiger partial charge in [-0.15, -0.1) is 0 Å². The van der Waals surface area contributed by atoms with Crippen molar-refractivity contribution in [1.82, 2.24) is 5.32 Å². The lowest BCUT2D eigenvalue weighted by molar-refractivity contribution is 0.0918. The quantitative estimate of drug-likeness (QED) is 0.786. The molecule has 0 aliphatic rings. The number of Topliss-reactive ketones (excluding diaryl/α,β-unsaturated/α-hetero) is 1. The molecule has 138 valence electrons. The topological polar surface area (TPSA) is 92.3 Å². The molecule has 0 atom stereocenters. The highest BCUT2D eigenvalue weighted by Crippen LogP contribution is 2.19. The highest BCUT2D eigenvalue weighted by Gasteiger charge is 2.19. The van der Waals surface area contributed by atoms with E-state index in [-0.39, 0.29) is 27.8 Å². The Kier molecular flexibility index (Phi) is 5.51. The van der Waals surface area contributed by atoms with E-state index in [9.17, 15) is 18.0 Å². The molecule has 2 rings (SSSR count). The summed E-state index contributed by atoms with van der Waals surface area (Å²) in [5, 5.41) is 2.79. The van der Waals surface area contributed by atoms with E-state index in [0.717, 1.165) is 0 Å². The number of sulfonamides is 1. The van der Waals surface area contributed by atoms with Gasteiger partial charge in [0, 0.05) is 22.4 Å². The van der Waals surface area contributed by atoms with Crippen LogP contribution >= 0.6 is 0 Å². The normalized spacial score (nSPS) is 11.7. The summed E-state index contributed by atoms with van der Waals surface area (Å²) in [7, 11) is -3.90. The maximum Gasteiger partial charge on any atom is 0.261 e. The molecule has 0 unspecified atom stereocenters. The lowest BCUT2D eigenvalue weighted by atomic mass is 10.1. The van der Waals surface area contributed by atoms with E-state index in [4.69, 9.17) is 0 Å². The van der Waals surface area contributed by atoms with Gasteiger partial charge in [0.05, 0.1) is 4.90 Å². The smallest absolute Gasteiger partial charge is 0.261 e. The van der Waals surface area contributed by atoms with Crippen molar-refractivity contribution in [2.24, 2.45) is 0 Å². The Labute approximate surface area is 153 Å². The van der Waals surface area contributed by atoms with E-state index in [0.29, 0.717) is 5.56 Å². The van der Waals surface area contributed by atoms with E-state index < -0.39 is 15.6 Å². The first-order valence-electron chi connectivity index (χ1n) is 8.04. The Morgan fingerprint density at radius 3 is 2.15 bits per heavy atom. The van der Waals surface area contributed by atoms with Crippen LogP contribution < -0.4 is 10.0 Å². The van der Waals surface area contributed by atoms with Crippen LogP contribution in [0.4, 0.5) is 5.69 Å². The summed E-state index contributed by atoms with van der Waals surface area (Å²) in [4.78, 5) is 23.7. The van der Waals surface area contributed by atoms with Crippen molar-refractivity contribution in [2.45, 2.75) is 38.1 Å². The number of hydrogen-bond acceptors (Lipinski definition) is 4. The van der Waals surface area contributed by atoms with Gasteiger partial charge in [-0.2, -0.15) is 0 Å². The molecule has 0 aliphatic heterocycles. The monoisotopic (exact) mass is 374 g/mol. The molecule has 0 radical (unpaired) electrons. The van der Waals surface area contributed by atoms with Crippen LogP contribution in [0.5, 0.6) is 0 Å². The summed E-state index contributed by atoms with van der Waals surface area (Å²) in [6, 6.07) is 12.0. The molecular weight excluding hydrogens is 352 g/mol. The lowest BCUT2D eigenvalue weighted by Crippen LogP contribution is -2.40. The predicted octanol–water partition coefficient (Wildman–Crippen LogP) is 3.22. The third kappa shape index (κ3) is 5.16. The molecule has 0 bridgehead atoms. The minimum atomic E-state index is -3.90. The summed E-state index contributed by atoms with van der Waals surface area (Å²) >= 11 is 0. The molecule has 0 spiro atoms. The Morgan fingerprint density at radius 2 is 1.54 bits per heavy atom. The zero-order valence-electron chi connectivity index (χ0n) is 15.2. The maximum atomic E-state index is 12.6. The van der Waals surface area contributed by atoms with Gasteiger partial charge in [-0.05, 0) is 58.0 Å². The number of nitrogens with one attached hydrogen (secondary N) is 2. The van der Waals surface area contributed by atoms with Gasteiger partial charge in [0.15, 0.2) is 5.78 Å². The molecule has 2 N–H and O–H groups in total. The molecule has 2 aromatic rings. The molecule has 0 aliphatic carbocycles. The van der Waals surface area contributed by atoms with E-state index in [2.05, 4.69) is 10.0 Å². The number of carbonyl (C=O) groups excluding carboxylic acids is 2. The zero-order valence-corrected chi connectivity index (χ0v) is 16.0. The summed E-state index contributed by atoms with van der Waals surface area (Å²) in [6.45, 7) is 6.93. The molecular formula is C19H22N2O4S.